The van der Waals surface area contributed by atoms with E-state index in [0.29, 0.717) is 9.92 Å². The van der Waals surface area contributed by atoms with Gasteiger partial charge in [-0.3, -0.25) is 0 Å². The Bertz CT molecular complexity index is 626. The molecule has 1 spiro atoms. The van der Waals surface area contributed by atoms with E-state index >= 15 is 0 Å². The molecule has 114 valence electrons. The van der Waals surface area contributed by atoms with Crippen LogP contribution in [0.1, 0.15) is 24.8 Å². The highest BCUT2D eigenvalue weighted by molar-refractivity contribution is 7.58. The number of para-hydroxylation sites is 1. The average molecular weight is 310 g/mol. The van der Waals surface area contributed by atoms with E-state index in [1.807, 2.05) is 24.3 Å². The van der Waals surface area contributed by atoms with Crippen molar-refractivity contribution in [2.75, 3.05) is 27.3 Å². The van der Waals surface area contributed by atoms with Gasteiger partial charge in [0.2, 0.25) is 0 Å². The summed E-state index contributed by atoms with van der Waals surface area (Å²) >= 11 is 0. The highest BCUT2D eigenvalue weighted by atomic mass is 31.2. The lowest BCUT2D eigenvalue weighted by molar-refractivity contribution is 0.246. The number of aliphatic hydroxyl groups excluding tert-OH is 1. The van der Waals surface area contributed by atoms with Gasteiger partial charge in [0.1, 0.15) is 5.69 Å². The Morgan fingerprint density at radius 2 is 1.71 bits per heavy atom. The number of hydrogen-bond acceptors (Lipinski definition) is 4. The minimum atomic E-state index is -3.50. The summed E-state index contributed by atoms with van der Waals surface area (Å²) in [6.45, 7) is 1.63. The van der Waals surface area contributed by atoms with Crippen LogP contribution in [0.3, 0.4) is 0 Å². The molecule has 1 aromatic carbocycles. The predicted molar refractivity (Wildman–Crippen MR) is 83.0 cm³/mol. The topological polar surface area (TPSA) is 55.8 Å². The number of nitrogens with zero attached hydrogens (tertiary/aromatic N) is 1. The van der Waals surface area contributed by atoms with Crippen molar-refractivity contribution in [1.29, 1.82) is 0 Å². The molecule has 0 bridgehead atoms. The minimum Gasteiger partial charge on any atom is -0.502 e. The van der Waals surface area contributed by atoms with E-state index in [2.05, 4.69) is 0 Å². The molecule has 6 heteroatoms. The number of quaternary nitrogens is 1. The second-order valence-electron chi connectivity index (χ2n) is 5.53. The fourth-order valence-electron chi connectivity index (χ4n) is 3.60. The molecule has 3 rings (SSSR count). The Labute approximate surface area is 124 Å². The van der Waals surface area contributed by atoms with Crippen LogP contribution in [0, 0.1) is 0 Å². The smallest absolute Gasteiger partial charge is 0.417 e. The molecule has 2 aliphatic heterocycles. The van der Waals surface area contributed by atoms with Crippen LogP contribution in [0.2, 0.25) is 0 Å². The Balaban J connectivity index is 2.26. The van der Waals surface area contributed by atoms with E-state index < -0.39 is 7.60 Å². The van der Waals surface area contributed by atoms with Gasteiger partial charge in [-0.25, -0.2) is 9.05 Å². The van der Waals surface area contributed by atoms with Gasteiger partial charge in [0.25, 0.3) is 5.44 Å². The van der Waals surface area contributed by atoms with Gasteiger partial charge in [0.15, 0.2) is 5.76 Å². The molecule has 0 aromatic heterocycles. The van der Waals surface area contributed by atoms with Gasteiger partial charge >= 0.3 is 7.60 Å². The number of aliphatic hydroxyl groups is 1. The molecular weight excluding hydrogens is 289 g/mol. The van der Waals surface area contributed by atoms with Gasteiger partial charge in [-0.1, -0.05) is 12.1 Å². The normalized spacial score (nSPS) is 20.9. The van der Waals surface area contributed by atoms with Crippen molar-refractivity contribution < 1.29 is 18.7 Å². The molecule has 5 nitrogen and oxygen atoms in total. The van der Waals surface area contributed by atoms with Gasteiger partial charge < -0.3 is 14.2 Å². The van der Waals surface area contributed by atoms with Gasteiger partial charge in [0.05, 0.1) is 18.7 Å². The first-order chi connectivity index (χ1) is 10.1. The highest BCUT2D eigenvalue weighted by Gasteiger charge is 2.56. The second kappa shape index (κ2) is 5.25. The summed E-state index contributed by atoms with van der Waals surface area (Å²) in [5, 5.41) is 10.7. The maximum absolute atomic E-state index is 13.0. The van der Waals surface area contributed by atoms with Crippen molar-refractivity contribution in [2.24, 2.45) is 0 Å². The largest absolute Gasteiger partial charge is 0.502 e. The van der Waals surface area contributed by atoms with Gasteiger partial charge in [-0.05, 0) is 25.3 Å². The molecule has 2 heterocycles. The maximum Gasteiger partial charge on any atom is 0.417 e. The van der Waals surface area contributed by atoms with E-state index in [-0.39, 0.29) is 5.76 Å². The summed E-state index contributed by atoms with van der Waals surface area (Å²) in [6, 6.07) is 7.69. The number of benzene rings is 1. The van der Waals surface area contributed by atoms with Crippen molar-refractivity contribution >= 4 is 19.0 Å². The van der Waals surface area contributed by atoms with E-state index in [0.717, 1.165) is 43.6 Å². The van der Waals surface area contributed by atoms with Crippen LogP contribution < -0.4 is 4.48 Å². The van der Waals surface area contributed by atoms with Crippen LogP contribution in [0.4, 0.5) is 5.69 Å². The second-order valence-corrected chi connectivity index (χ2v) is 7.68. The number of rotatable bonds is 3. The summed E-state index contributed by atoms with van der Waals surface area (Å²) in [7, 11) is -0.762. The molecule has 1 fully saturated rings. The first-order valence-corrected chi connectivity index (χ1v) is 8.76. The Morgan fingerprint density at radius 1 is 1.10 bits per heavy atom. The van der Waals surface area contributed by atoms with E-state index in [1.54, 1.807) is 0 Å². The van der Waals surface area contributed by atoms with Crippen molar-refractivity contribution in [1.82, 2.24) is 4.48 Å². The van der Waals surface area contributed by atoms with Crippen LogP contribution >= 0.6 is 7.60 Å². The lowest BCUT2D eigenvalue weighted by atomic mass is 10.1. The van der Waals surface area contributed by atoms with Gasteiger partial charge in [-0.2, -0.15) is 0 Å². The van der Waals surface area contributed by atoms with E-state index in [4.69, 9.17) is 9.05 Å². The number of hydrogen-bond donors (Lipinski definition) is 1. The van der Waals surface area contributed by atoms with Crippen LogP contribution in [-0.4, -0.2) is 32.4 Å². The zero-order valence-electron chi connectivity index (χ0n) is 12.4. The summed E-state index contributed by atoms with van der Waals surface area (Å²) in [5.74, 6) is 0.0551. The van der Waals surface area contributed by atoms with Crippen LogP contribution in [0.5, 0.6) is 0 Å². The fraction of sp³-hybridized carbons (Fsp3) is 0.467. The molecule has 0 radical (unpaired) electrons. The molecule has 0 atom stereocenters. The van der Waals surface area contributed by atoms with Crippen molar-refractivity contribution in [3.8, 4) is 0 Å². The zero-order chi connectivity index (χ0) is 15.1. The Hall–Kier alpha value is -1.13. The van der Waals surface area contributed by atoms with Crippen LogP contribution in [0.15, 0.2) is 29.7 Å². The maximum atomic E-state index is 13.0. The molecule has 0 aliphatic carbocycles. The molecule has 2 aliphatic rings. The van der Waals surface area contributed by atoms with E-state index in [9.17, 15) is 9.67 Å². The van der Waals surface area contributed by atoms with E-state index in [1.165, 1.54) is 14.2 Å². The monoisotopic (exact) mass is 310 g/mol. The standard InChI is InChI=1S/C15H20NO4P/c1-19-21(18,20-2)15-14(17)12-8-4-5-9-13(12)16(15)10-6-3-7-11-16/h4-5,8-9H,3,6-7,10-11H2,1-2H3/p+1. The first-order valence-electron chi connectivity index (χ1n) is 7.22. The minimum absolute atomic E-state index is 0.0551. The Morgan fingerprint density at radius 3 is 2.33 bits per heavy atom. The predicted octanol–water partition coefficient (Wildman–Crippen LogP) is 3.86. The molecule has 1 N–H and O–H groups in total. The lowest BCUT2D eigenvalue weighted by Crippen LogP contribution is -2.50. The average Bonchev–Trinajstić information content (AvgIpc) is 2.78. The van der Waals surface area contributed by atoms with Crippen molar-refractivity contribution in [2.45, 2.75) is 19.3 Å². The quantitative estimate of drug-likeness (QED) is 0.680. The summed E-state index contributed by atoms with van der Waals surface area (Å²) in [6.07, 6.45) is 3.21. The molecule has 0 unspecified atom stereocenters. The van der Waals surface area contributed by atoms with Gasteiger partial charge in [0, 0.05) is 20.3 Å². The third-order valence-electron chi connectivity index (χ3n) is 4.56. The molecule has 0 amide bonds. The van der Waals surface area contributed by atoms with Gasteiger partial charge in [-0.15, -0.1) is 0 Å². The number of fused-ring (bicyclic) bond motifs is 2. The van der Waals surface area contributed by atoms with Crippen molar-refractivity contribution in [3.63, 3.8) is 0 Å². The third kappa shape index (κ3) is 2.00. The molecule has 1 saturated heterocycles. The molecular formula is C15H21NO4P+. The zero-order valence-corrected chi connectivity index (χ0v) is 13.3. The third-order valence-corrected chi connectivity index (χ3v) is 6.63. The molecule has 21 heavy (non-hydrogen) atoms. The van der Waals surface area contributed by atoms with Crippen LogP contribution in [0.25, 0.3) is 5.76 Å². The van der Waals surface area contributed by atoms with Crippen molar-refractivity contribution in [3.05, 3.63) is 35.3 Å². The first kappa shape index (κ1) is 14.8. The molecule has 1 aromatic rings. The number of piperidine rings is 1. The lowest BCUT2D eigenvalue weighted by Gasteiger charge is -2.39. The highest BCUT2D eigenvalue weighted by Crippen LogP contribution is 2.65. The SMILES string of the molecule is COP(=O)(OC)C1=C(O)c2ccccc2[N+]12CCCCC2. The summed E-state index contributed by atoms with van der Waals surface area (Å²) < 4.78 is 23.8. The Kier molecular flexibility index (Phi) is 3.70. The fourth-order valence-corrected chi connectivity index (χ4v) is 5.25. The van der Waals surface area contributed by atoms with Crippen LogP contribution in [-0.2, 0) is 13.6 Å². The molecule has 0 saturated carbocycles. The summed E-state index contributed by atoms with van der Waals surface area (Å²) in [5.41, 5.74) is 2.14. The summed E-state index contributed by atoms with van der Waals surface area (Å²) in [4.78, 5) is 0.